The van der Waals surface area contributed by atoms with Crippen LogP contribution in [0, 0.1) is 10.1 Å². The lowest BCUT2D eigenvalue weighted by atomic mass is 10.2. The first-order chi connectivity index (χ1) is 11.2. The van der Waals surface area contributed by atoms with Gasteiger partial charge in [-0.15, -0.1) is 0 Å². The van der Waals surface area contributed by atoms with E-state index in [0.29, 0.717) is 5.56 Å². The van der Waals surface area contributed by atoms with E-state index in [4.69, 9.17) is 11.0 Å². The molecule has 0 atom stereocenters. The Morgan fingerprint density at radius 3 is 2.33 bits per heavy atom. The maximum atomic E-state index is 12.4. The van der Waals surface area contributed by atoms with Crippen molar-refractivity contribution in [2.75, 3.05) is 0 Å². The second-order valence-electron chi connectivity index (χ2n) is 4.76. The highest BCUT2D eigenvalue weighted by atomic mass is 32.2. The molecule has 3 N–H and O–H groups in total. The highest BCUT2D eigenvalue weighted by Crippen LogP contribution is 2.25. The molecule has 0 aromatic heterocycles. The van der Waals surface area contributed by atoms with Crippen molar-refractivity contribution in [1.29, 1.82) is 0 Å². The Bertz CT molecular complexity index is 892. The van der Waals surface area contributed by atoms with Gasteiger partial charge in [0.05, 0.1) is 15.6 Å². The molecule has 10 heteroatoms. The summed E-state index contributed by atoms with van der Waals surface area (Å²) in [5.41, 5.74) is -0.215. The Morgan fingerprint density at radius 2 is 1.83 bits per heavy atom. The topological polar surface area (TPSA) is 150 Å². The molecular weight excluding hydrogens is 340 g/mol. The van der Waals surface area contributed by atoms with Crippen molar-refractivity contribution in [1.82, 2.24) is 0 Å². The fourth-order valence-electron chi connectivity index (χ4n) is 1.99. The van der Waals surface area contributed by atoms with Crippen molar-refractivity contribution >= 4 is 21.5 Å². The molecule has 9 nitrogen and oxygen atoms in total. The predicted octanol–water partition coefficient (Wildman–Crippen LogP) is 1.52. The summed E-state index contributed by atoms with van der Waals surface area (Å²) in [6.07, 6.45) is 0. The molecule has 0 amide bonds. The second kappa shape index (κ2) is 6.64. The number of rotatable bonds is 6. The lowest BCUT2D eigenvalue weighted by Gasteiger charge is -2.08. The average Bonchev–Trinajstić information content (AvgIpc) is 2.54. The Hall–Kier alpha value is -2.98. The average molecular weight is 352 g/mol. The molecule has 2 aromatic rings. The number of sulfone groups is 1. The molecule has 0 heterocycles. The Morgan fingerprint density at radius 1 is 1.21 bits per heavy atom. The maximum absolute atomic E-state index is 12.4. The van der Waals surface area contributed by atoms with Crippen molar-refractivity contribution in [2.45, 2.75) is 10.6 Å². The third-order valence-corrected chi connectivity index (χ3v) is 4.86. The van der Waals surface area contributed by atoms with Gasteiger partial charge < -0.3 is 9.94 Å². The lowest BCUT2D eigenvalue weighted by molar-refractivity contribution is -0.384. The molecule has 0 unspecified atom stereocenters. The van der Waals surface area contributed by atoms with Gasteiger partial charge in [-0.25, -0.2) is 13.2 Å². The van der Waals surface area contributed by atoms with Crippen molar-refractivity contribution < 1.29 is 28.1 Å². The van der Waals surface area contributed by atoms with Crippen LogP contribution in [-0.2, 0) is 15.6 Å². The van der Waals surface area contributed by atoms with Gasteiger partial charge in [0.1, 0.15) is 5.56 Å². The van der Waals surface area contributed by atoms with Crippen molar-refractivity contribution in [2.24, 2.45) is 5.90 Å². The van der Waals surface area contributed by atoms with Gasteiger partial charge in [-0.05, 0) is 23.8 Å². The zero-order valence-electron chi connectivity index (χ0n) is 12.1. The molecule has 0 aliphatic carbocycles. The molecule has 24 heavy (non-hydrogen) atoms. The third kappa shape index (κ3) is 3.67. The SMILES string of the molecule is NOc1ccc(S(=O)(=O)Cc2ccc([N+](=O)[O-])cc2)cc1C(=O)O. The minimum absolute atomic E-state index is 0.159. The van der Waals surface area contributed by atoms with E-state index < -0.39 is 26.5 Å². The lowest BCUT2D eigenvalue weighted by Crippen LogP contribution is -2.11. The van der Waals surface area contributed by atoms with Crippen molar-refractivity contribution in [3.05, 3.63) is 63.7 Å². The number of hydrogen-bond acceptors (Lipinski definition) is 7. The maximum Gasteiger partial charge on any atom is 0.339 e. The van der Waals surface area contributed by atoms with Crippen LogP contribution in [0.25, 0.3) is 0 Å². The second-order valence-corrected chi connectivity index (χ2v) is 6.75. The molecule has 2 aromatic carbocycles. The first-order valence-electron chi connectivity index (χ1n) is 6.45. The largest absolute Gasteiger partial charge is 0.478 e. The van der Waals surface area contributed by atoms with Gasteiger partial charge in [0, 0.05) is 12.1 Å². The zero-order valence-corrected chi connectivity index (χ0v) is 12.9. The summed E-state index contributed by atoms with van der Waals surface area (Å²) < 4.78 is 24.8. The smallest absolute Gasteiger partial charge is 0.339 e. The number of hydrogen-bond donors (Lipinski definition) is 2. The number of carboxylic acid groups (broad SMARTS) is 1. The van der Waals surface area contributed by atoms with Crippen LogP contribution in [0.2, 0.25) is 0 Å². The first-order valence-corrected chi connectivity index (χ1v) is 8.10. The van der Waals surface area contributed by atoms with Crippen LogP contribution in [0.5, 0.6) is 5.75 Å². The molecule has 0 spiro atoms. The first kappa shape index (κ1) is 17.4. The van der Waals surface area contributed by atoms with Crippen LogP contribution in [0.4, 0.5) is 5.69 Å². The Balaban J connectivity index is 2.35. The number of nitrogens with zero attached hydrogens (tertiary/aromatic N) is 1. The standard InChI is InChI=1S/C14H12N2O7S/c15-23-13-6-5-11(7-12(13)14(17)18)24(21,22)8-9-1-3-10(4-2-9)16(19)20/h1-7H,8,15H2,(H,17,18). The van der Waals surface area contributed by atoms with E-state index in [-0.39, 0.29) is 21.9 Å². The zero-order chi connectivity index (χ0) is 17.9. The number of aromatic carboxylic acids is 1. The minimum atomic E-state index is -3.86. The molecule has 0 bridgehead atoms. The number of nitro benzene ring substituents is 1. The molecule has 126 valence electrons. The van der Waals surface area contributed by atoms with E-state index in [1.165, 1.54) is 30.3 Å². The van der Waals surface area contributed by atoms with Gasteiger partial charge in [0.15, 0.2) is 15.6 Å². The van der Waals surface area contributed by atoms with E-state index in [0.717, 1.165) is 12.1 Å². The highest BCUT2D eigenvalue weighted by Gasteiger charge is 2.20. The van der Waals surface area contributed by atoms with E-state index in [9.17, 15) is 23.3 Å². The molecule has 0 fully saturated rings. The number of nitrogens with two attached hydrogens (primary N) is 1. The van der Waals surface area contributed by atoms with Crippen LogP contribution >= 0.6 is 0 Å². The molecule has 0 aliphatic heterocycles. The number of non-ortho nitro benzene ring substituents is 1. The third-order valence-electron chi connectivity index (χ3n) is 3.17. The van der Waals surface area contributed by atoms with Gasteiger partial charge in [-0.2, -0.15) is 5.90 Å². The summed E-state index contributed by atoms with van der Waals surface area (Å²) in [5, 5.41) is 19.7. The Labute approximate surface area is 136 Å². The number of benzene rings is 2. The van der Waals surface area contributed by atoms with Gasteiger partial charge in [0.25, 0.3) is 5.69 Å². The summed E-state index contributed by atoms with van der Waals surface area (Å²) in [5.74, 6) is 2.95. The quantitative estimate of drug-likeness (QED) is 0.587. The minimum Gasteiger partial charge on any atom is -0.478 e. The molecule has 0 radical (unpaired) electrons. The number of carboxylic acids is 1. The summed E-state index contributed by atoms with van der Waals surface area (Å²) in [6, 6.07) is 8.31. The van der Waals surface area contributed by atoms with Crippen molar-refractivity contribution in [3.63, 3.8) is 0 Å². The van der Waals surface area contributed by atoms with Gasteiger partial charge in [0.2, 0.25) is 0 Å². The molecular formula is C14H12N2O7S. The van der Waals surface area contributed by atoms with E-state index >= 15 is 0 Å². The summed E-state index contributed by atoms with van der Waals surface area (Å²) in [7, 11) is -3.86. The Kier molecular flexibility index (Phi) is 4.81. The van der Waals surface area contributed by atoms with E-state index in [1.54, 1.807) is 0 Å². The summed E-state index contributed by atoms with van der Waals surface area (Å²) >= 11 is 0. The fraction of sp³-hybridized carbons (Fsp3) is 0.0714. The van der Waals surface area contributed by atoms with Crippen LogP contribution in [-0.4, -0.2) is 24.4 Å². The molecule has 0 aliphatic rings. The normalized spacial score (nSPS) is 11.0. The van der Waals surface area contributed by atoms with Gasteiger partial charge >= 0.3 is 5.97 Å². The molecule has 2 rings (SSSR count). The van der Waals surface area contributed by atoms with Gasteiger partial charge in [-0.1, -0.05) is 12.1 Å². The monoisotopic (exact) mass is 352 g/mol. The number of carbonyl (C=O) groups is 1. The van der Waals surface area contributed by atoms with Gasteiger partial charge in [-0.3, -0.25) is 10.1 Å². The summed E-state index contributed by atoms with van der Waals surface area (Å²) in [6.45, 7) is 0. The van der Waals surface area contributed by atoms with Crippen LogP contribution in [0.1, 0.15) is 15.9 Å². The van der Waals surface area contributed by atoms with Crippen LogP contribution < -0.4 is 10.7 Å². The molecule has 0 saturated heterocycles. The van der Waals surface area contributed by atoms with E-state index in [1.807, 2.05) is 0 Å². The van der Waals surface area contributed by atoms with Crippen LogP contribution in [0.3, 0.4) is 0 Å². The predicted molar refractivity (Wildman–Crippen MR) is 82.2 cm³/mol. The van der Waals surface area contributed by atoms with E-state index in [2.05, 4.69) is 4.84 Å². The van der Waals surface area contributed by atoms with Crippen LogP contribution in [0.15, 0.2) is 47.4 Å². The molecule has 0 saturated carbocycles. The fourth-order valence-corrected chi connectivity index (χ4v) is 3.36. The number of nitro groups is 1. The summed E-state index contributed by atoms with van der Waals surface area (Å²) in [4.78, 5) is 25.3. The highest BCUT2D eigenvalue weighted by molar-refractivity contribution is 7.90. The van der Waals surface area contributed by atoms with Crippen molar-refractivity contribution in [3.8, 4) is 5.75 Å².